The molecule has 0 aliphatic rings. The molecule has 0 radical (unpaired) electrons. The summed E-state index contributed by atoms with van der Waals surface area (Å²) in [5.41, 5.74) is 0.0821. The van der Waals surface area contributed by atoms with Crippen molar-refractivity contribution in [2.24, 2.45) is 0 Å². The molecule has 6 nitrogen and oxygen atoms in total. The molecule has 0 aliphatic carbocycles. The van der Waals surface area contributed by atoms with Crippen molar-refractivity contribution in [3.63, 3.8) is 0 Å². The molecule has 0 fully saturated rings. The van der Waals surface area contributed by atoms with E-state index in [9.17, 15) is 22.8 Å². The van der Waals surface area contributed by atoms with E-state index in [1.54, 1.807) is 36.4 Å². The predicted octanol–water partition coefficient (Wildman–Crippen LogP) is 6.08. The smallest absolute Gasteiger partial charge is 0.416 e. The molecule has 10 heteroatoms. The molecule has 0 unspecified atom stereocenters. The van der Waals surface area contributed by atoms with Crippen molar-refractivity contribution in [1.29, 1.82) is 0 Å². The third-order valence-corrected chi connectivity index (χ3v) is 5.14. The number of aromatic nitrogens is 2. The third kappa shape index (κ3) is 5.88. The number of nitrogens with one attached hydrogen (secondary N) is 1. The van der Waals surface area contributed by atoms with Gasteiger partial charge in [-0.3, -0.25) is 9.59 Å². The molecule has 1 heterocycles. The highest BCUT2D eigenvalue weighted by Crippen LogP contribution is 2.31. The highest BCUT2D eigenvalue weighted by molar-refractivity contribution is 6.31. The van der Waals surface area contributed by atoms with Crippen molar-refractivity contribution in [2.45, 2.75) is 12.9 Å². The highest BCUT2D eigenvalue weighted by Gasteiger charge is 2.30. The van der Waals surface area contributed by atoms with Crippen LogP contribution in [0.2, 0.25) is 5.02 Å². The lowest BCUT2D eigenvalue weighted by Gasteiger charge is -2.11. The molecular formula is C25H17ClF3N3O3. The van der Waals surface area contributed by atoms with Crippen LogP contribution in [0, 0.1) is 0 Å². The van der Waals surface area contributed by atoms with Crippen molar-refractivity contribution >= 4 is 29.0 Å². The Kier molecular flexibility index (Phi) is 6.88. The average Bonchev–Trinajstić information content (AvgIpc) is 3.33. The number of benzene rings is 3. The molecule has 4 aromatic rings. The number of hydrogen-bond donors (Lipinski definition) is 1. The van der Waals surface area contributed by atoms with Crippen molar-refractivity contribution in [3.05, 3.63) is 112 Å². The van der Waals surface area contributed by atoms with Gasteiger partial charge < -0.3 is 10.1 Å². The second-order valence-corrected chi connectivity index (χ2v) is 7.82. The maximum absolute atomic E-state index is 12.9. The summed E-state index contributed by atoms with van der Waals surface area (Å²) < 4.78 is 45.2. The Bertz CT molecular complexity index is 1370. The largest absolute Gasteiger partial charge is 0.471 e. The van der Waals surface area contributed by atoms with Gasteiger partial charge in [-0.25, -0.2) is 4.68 Å². The summed E-state index contributed by atoms with van der Waals surface area (Å²) in [4.78, 5) is 25.7. The maximum Gasteiger partial charge on any atom is 0.416 e. The van der Waals surface area contributed by atoms with E-state index >= 15 is 0 Å². The number of ketones is 1. The van der Waals surface area contributed by atoms with Crippen molar-refractivity contribution in [3.8, 4) is 5.75 Å². The van der Waals surface area contributed by atoms with Crippen molar-refractivity contribution in [1.82, 2.24) is 9.78 Å². The number of hydrogen-bond acceptors (Lipinski definition) is 4. The Morgan fingerprint density at radius 1 is 0.971 bits per heavy atom. The van der Waals surface area contributed by atoms with Crippen LogP contribution in [0.25, 0.3) is 0 Å². The predicted molar refractivity (Wildman–Crippen MR) is 124 cm³/mol. The van der Waals surface area contributed by atoms with Crippen molar-refractivity contribution in [2.75, 3.05) is 5.32 Å². The standard InChI is InChI=1S/C25H17ClF3N3O3/c26-18-9-10-21(20(14-18)23(33)16-5-2-1-3-6-16)30-24(34)22-11-12-32(31-22)15-35-19-8-4-7-17(13-19)25(27,28)29/h1-14H,15H2,(H,30,34). The summed E-state index contributed by atoms with van der Waals surface area (Å²) in [7, 11) is 0. The number of rotatable bonds is 7. The van der Waals surface area contributed by atoms with Crippen LogP contribution >= 0.6 is 11.6 Å². The molecule has 178 valence electrons. The van der Waals surface area contributed by atoms with Crippen LogP contribution in [-0.2, 0) is 12.9 Å². The SMILES string of the molecule is O=C(Nc1ccc(Cl)cc1C(=O)c1ccccc1)c1ccn(COc2cccc(C(F)(F)F)c2)n1. The summed E-state index contributed by atoms with van der Waals surface area (Å²) in [6.07, 6.45) is -3.04. The molecule has 3 aromatic carbocycles. The summed E-state index contributed by atoms with van der Waals surface area (Å²) in [5, 5.41) is 7.08. The molecule has 1 aromatic heterocycles. The van der Waals surface area contributed by atoms with Gasteiger partial charge in [0, 0.05) is 22.3 Å². The number of carbonyl (C=O) groups is 2. The zero-order valence-electron chi connectivity index (χ0n) is 17.9. The van der Waals surface area contributed by atoms with Crippen LogP contribution in [-0.4, -0.2) is 21.5 Å². The van der Waals surface area contributed by atoms with Crippen molar-refractivity contribution < 1.29 is 27.5 Å². The van der Waals surface area contributed by atoms with Crippen LogP contribution in [0.3, 0.4) is 0 Å². The lowest BCUT2D eigenvalue weighted by Crippen LogP contribution is -2.17. The van der Waals surface area contributed by atoms with Gasteiger partial charge in [0.15, 0.2) is 18.2 Å². The molecule has 0 saturated carbocycles. The van der Waals surface area contributed by atoms with E-state index in [0.717, 1.165) is 12.1 Å². The van der Waals surface area contributed by atoms with E-state index in [1.807, 2.05) is 0 Å². The fourth-order valence-electron chi connectivity index (χ4n) is 3.20. The molecule has 0 atom stereocenters. The number of carbonyl (C=O) groups excluding carboxylic acids is 2. The normalized spacial score (nSPS) is 11.2. The maximum atomic E-state index is 12.9. The van der Waals surface area contributed by atoms with Gasteiger partial charge in [-0.05, 0) is 42.5 Å². The van der Waals surface area contributed by atoms with E-state index in [4.69, 9.17) is 16.3 Å². The summed E-state index contributed by atoms with van der Waals surface area (Å²) in [5.74, 6) is -0.901. The second-order valence-electron chi connectivity index (χ2n) is 7.38. The second kappa shape index (κ2) is 10.0. The van der Waals surface area contributed by atoms with Gasteiger partial charge in [0.2, 0.25) is 0 Å². The Labute approximate surface area is 202 Å². The number of nitrogens with zero attached hydrogens (tertiary/aromatic N) is 2. The number of amides is 1. The minimum absolute atomic E-state index is 0.00607. The van der Waals surface area contributed by atoms with Gasteiger partial charge in [-0.15, -0.1) is 0 Å². The first-order chi connectivity index (χ1) is 16.7. The average molecular weight is 500 g/mol. The quantitative estimate of drug-likeness (QED) is 0.313. The Hall–Kier alpha value is -4.11. The zero-order chi connectivity index (χ0) is 25.0. The Morgan fingerprint density at radius 3 is 2.49 bits per heavy atom. The molecular weight excluding hydrogens is 483 g/mol. The monoisotopic (exact) mass is 499 g/mol. The molecule has 0 saturated heterocycles. The van der Waals surface area contributed by atoms with Crippen LogP contribution in [0.4, 0.5) is 18.9 Å². The van der Waals surface area contributed by atoms with Crippen LogP contribution in [0.1, 0.15) is 32.0 Å². The highest BCUT2D eigenvalue weighted by atomic mass is 35.5. The molecule has 1 amide bonds. The molecule has 0 aliphatic heterocycles. The van der Waals surface area contributed by atoms with E-state index in [-0.39, 0.29) is 35.2 Å². The first kappa shape index (κ1) is 24.0. The van der Waals surface area contributed by atoms with E-state index in [2.05, 4.69) is 10.4 Å². The van der Waals surface area contributed by atoms with E-state index < -0.39 is 17.6 Å². The lowest BCUT2D eigenvalue weighted by atomic mass is 10.0. The van der Waals surface area contributed by atoms with E-state index in [0.29, 0.717) is 10.6 Å². The topological polar surface area (TPSA) is 73.2 Å². The number of halogens is 4. The molecule has 4 rings (SSSR count). The van der Waals surface area contributed by atoms with Crippen LogP contribution in [0.15, 0.2) is 85.1 Å². The first-order valence-corrected chi connectivity index (χ1v) is 10.6. The van der Waals surface area contributed by atoms with Gasteiger partial charge in [0.1, 0.15) is 5.75 Å². The number of anilines is 1. The third-order valence-electron chi connectivity index (χ3n) is 4.91. The Balaban J connectivity index is 1.46. The lowest BCUT2D eigenvalue weighted by molar-refractivity contribution is -0.137. The minimum Gasteiger partial charge on any atom is -0.471 e. The molecule has 1 N–H and O–H groups in total. The minimum atomic E-state index is -4.49. The van der Waals surface area contributed by atoms with Gasteiger partial charge >= 0.3 is 6.18 Å². The van der Waals surface area contributed by atoms with Crippen LogP contribution in [0.5, 0.6) is 5.75 Å². The van der Waals surface area contributed by atoms with Gasteiger partial charge in [-0.1, -0.05) is 48.0 Å². The van der Waals surface area contributed by atoms with Gasteiger partial charge in [0.05, 0.1) is 11.3 Å². The number of alkyl halides is 3. The summed E-state index contributed by atoms with van der Waals surface area (Å²) in [6, 6.07) is 18.9. The fourth-order valence-corrected chi connectivity index (χ4v) is 3.37. The van der Waals surface area contributed by atoms with E-state index in [1.165, 1.54) is 41.2 Å². The Morgan fingerprint density at radius 2 is 1.74 bits per heavy atom. The molecule has 0 spiro atoms. The molecule has 0 bridgehead atoms. The fraction of sp³-hybridized carbons (Fsp3) is 0.0800. The van der Waals surface area contributed by atoms with Gasteiger partial charge in [0.25, 0.3) is 5.91 Å². The zero-order valence-corrected chi connectivity index (χ0v) is 18.7. The summed E-state index contributed by atoms with van der Waals surface area (Å²) >= 11 is 6.07. The number of ether oxygens (including phenoxy) is 1. The van der Waals surface area contributed by atoms with Gasteiger partial charge in [-0.2, -0.15) is 18.3 Å². The molecule has 35 heavy (non-hydrogen) atoms. The first-order valence-electron chi connectivity index (χ1n) is 10.2. The summed E-state index contributed by atoms with van der Waals surface area (Å²) in [6.45, 7) is -0.215. The van der Waals surface area contributed by atoms with Crippen LogP contribution < -0.4 is 10.1 Å².